The summed E-state index contributed by atoms with van der Waals surface area (Å²) in [6, 6.07) is 1.41. The van der Waals surface area contributed by atoms with Crippen molar-refractivity contribution in [1.82, 2.24) is 0 Å². The van der Waals surface area contributed by atoms with Gasteiger partial charge in [-0.2, -0.15) is 0 Å². The lowest BCUT2D eigenvalue weighted by Gasteiger charge is -2.09. The predicted molar refractivity (Wildman–Crippen MR) is 67.0 cm³/mol. The second-order valence-corrected chi connectivity index (χ2v) is 11.1. The zero-order valence-corrected chi connectivity index (χ0v) is 11.5. The van der Waals surface area contributed by atoms with Crippen molar-refractivity contribution in [2.24, 2.45) is 11.7 Å². The second kappa shape index (κ2) is 8.76. The van der Waals surface area contributed by atoms with E-state index in [0.717, 1.165) is 12.5 Å². The van der Waals surface area contributed by atoms with Crippen molar-refractivity contribution in [1.29, 1.82) is 0 Å². The molecule has 0 rings (SSSR count). The first kappa shape index (κ1) is 15.6. The van der Waals surface area contributed by atoms with Gasteiger partial charge in [0.2, 0.25) is 0 Å². The topological polar surface area (TPSA) is 26.0 Å². The Hall–Kier alpha value is 0.177. The van der Waals surface area contributed by atoms with Crippen LogP contribution in [-0.4, -0.2) is 14.6 Å². The van der Waals surface area contributed by atoms with Crippen LogP contribution in [0.1, 0.15) is 33.6 Å². The minimum absolute atomic E-state index is 0.631. The fourth-order valence-electron chi connectivity index (χ4n) is 0.526. The minimum atomic E-state index is -0.631. The molecule has 0 bridgehead atoms. The van der Waals surface area contributed by atoms with Crippen molar-refractivity contribution in [3.05, 3.63) is 0 Å². The standard InChI is InChI=1S/C6H15N.C5H14Si/c1-6(2)4-3-5-7;1-5-6(2,3)4/h6H,3-5,7H2,1-2H3;5H2,1-4H3. The molecular weight excluding hydrogens is 174 g/mol. The summed E-state index contributed by atoms with van der Waals surface area (Å²) in [5.41, 5.74) is 5.28. The fraction of sp³-hybridized carbons (Fsp3) is 1.00. The van der Waals surface area contributed by atoms with E-state index in [1.807, 2.05) is 0 Å². The quantitative estimate of drug-likeness (QED) is 0.692. The number of rotatable bonds is 4. The lowest BCUT2D eigenvalue weighted by Crippen LogP contribution is -2.16. The highest BCUT2D eigenvalue weighted by atomic mass is 28.3. The van der Waals surface area contributed by atoms with Crippen LogP contribution in [0, 0.1) is 5.92 Å². The van der Waals surface area contributed by atoms with E-state index in [0.29, 0.717) is 0 Å². The largest absolute Gasteiger partial charge is 0.330 e. The predicted octanol–water partition coefficient (Wildman–Crippen LogP) is 3.73. The van der Waals surface area contributed by atoms with Crippen molar-refractivity contribution in [3.63, 3.8) is 0 Å². The Kier molecular flexibility index (Phi) is 10.5. The summed E-state index contributed by atoms with van der Waals surface area (Å²) in [6.07, 6.45) is 2.45. The number of nitrogens with two attached hydrogens (primary N) is 1. The molecule has 82 valence electrons. The zero-order valence-electron chi connectivity index (χ0n) is 10.5. The van der Waals surface area contributed by atoms with E-state index < -0.39 is 8.07 Å². The van der Waals surface area contributed by atoms with Gasteiger partial charge in [-0.15, -0.1) is 0 Å². The van der Waals surface area contributed by atoms with Crippen LogP contribution in [0.25, 0.3) is 0 Å². The Labute approximate surface area is 86.1 Å². The van der Waals surface area contributed by atoms with E-state index in [2.05, 4.69) is 40.4 Å². The molecule has 0 fully saturated rings. The first-order chi connectivity index (χ1) is 5.83. The van der Waals surface area contributed by atoms with Gasteiger partial charge in [0.25, 0.3) is 0 Å². The number of hydrogen-bond donors (Lipinski definition) is 1. The van der Waals surface area contributed by atoms with Gasteiger partial charge < -0.3 is 5.73 Å². The maximum absolute atomic E-state index is 5.28. The van der Waals surface area contributed by atoms with E-state index in [9.17, 15) is 0 Å². The summed E-state index contributed by atoms with van der Waals surface area (Å²) in [5.74, 6) is 0.823. The smallest absolute Gasteiger partial charge is 0.0439 e. The highest BCUT2D eigenvalue weighted by molar-refractivity contribution is 6.75. The van der Waals surface area contributed by atoms with Crippen LogP contribution in [-0.2, 0) is 0 Å². The van der Waals surface area contributed by atoms with Gasteiger partial charge in [0, 0.05) is 8.07 Å². The van der Waals surface area contributed by atoms with E-state index in [-0.39, 0.29) is 0 Å². The molecular formula is C11H29NSi. The van der Waals surface area contributed by atoms with Crippen LogP contribution in [0.4, 0.5) is 0 Å². The molecule has 0 saturated heterocycles. The molecule has 0 atom stereocenters. The van der Waals surface area contributed by atoms with Crippen molar-refractivity contribution in [3.8, 4) is 0 Å². The summed E-state index contributed by atoms with van der Waals surface area (Å²) >= 11 is 0. The van der Waals surface area contributed by atoms with Gasteiger partial charge >= 0.3 is 0 Å². The van der Waals surface area contributed by atoms with E-state index in [4.69, 9.17) is 5.73 Å². The van der Waals surface area contributed by atoms with Crippen molar-refractivity contribution < 1.29 is 0 Å². The molecule has 0 aliphatic carbocycles. The van der Waals surface area contributed by atoms with Gasteiger partial charge in [-0.25, -0.2) is 0 Å². The molecule has 0 spiro atoms. The van der Waals surface area contributed by atoms with Crippen molar-refractivity contribution >= 4 is 8.07 Å². The van der Waals surface area contributed by atoms with Gasteiger partial charge in [0.1, 0.15) is 0 Å². The van der Waals surface area contributed by atoms with E-state index in [1.54, 1.807) is 0 Å². The average molecular weight is 203 g/mol. The van der Waals surface area contributed by atoms with Crippen molar-refractivity contribution in [2.45, 2.75) is 59.3 Å². The van der Waals surface area contributed by atoms with E-state index in [1.165, 1.54) is 18.9 Å². The maximum atomic E-state index is 5.28. The third kappa shape index (κ3) is 24.5. The molecule has 1 nitrogen and oxygen atoms in total. The highest BCUT2D eigenvalue weighted by Crippen LogP contribution is 2.04. The molecule has 0 aromatic carbocycles. The Morgan fingerprint density at radius 1 is 1.15 bits per heavy atom. The molecule has 0 aliphatic heterocycles. The molecule has 0 aliphatic rings. The molecule has 0 aromatic heterocycles. The van der Waals surface area contributed by atoms with Crippen LogP contribution < -0.4 is 5.73 Å². The first-order valence-electron chi connectivity index (χ1n) is 5.53. The van der Waals surface area contributed by atoms with Gasteiger partial charge in [-0.1, -0.05) is 46.5 Å². The first-order valence-corrected chi connectivity index (χ1v) is 9.24. The second-order valence-electron chi connectivity index (χ2n) is 5.24. The monoisotopic (exact) mass is 203 g/mol. The molecule has 13 heavy (non-hydrogen) atoms. The zero-order chi connectivity index (χ0) is 10.9. The molecule has 2 heteroatoms. The fourth-order valence-corrected chi connectivity index (χ4v) is 0.526. The van der Waals surface area contributed by atoms with Crippen LogP contribution in [0.15, 0.2) is 0 Å². The Balaban J connectivity index is 0. The summed E-state index contributed by atoms with van der Waals surface area (Å²) in [6.45, 7) is 14.7. The van der Waals surface area contributed by atoms with Crippen LogP contribution in [0.5, 0.6) is 0 Å². The van der Waals surface area contributed by atoms with Gasteiger partial charge in [-0.05, 0) is 25.3 Å². The molecule has 0 aromatic rings. The maximum Gasteiger partial charge on any atom is 0.0439 e. The Morgan fingerprint density at radius 3 is 1.62 bits per heavy atom. The molecule has 0 saturated carbocycles. The molecule has 2 N–H and O–H groups in total. The number of hydrogen-bond acceptors (Lipinski definition) is 1. The van der Waals surface area contributed by atoms with Gasteiger partial charge in [0.05, 0.1) is 0 Å². The van der Waals surface area contributed by atoms with Gasteiger partial charge in [0.15, 0.2) is 0 Å². The Morgan fingerprint density at radius 2 is 1.54 bits per heavy atom. The van der Waals surface area contributed by atoms with Crippen LogP contribution in [0.2, 0.25) is 25.7 Å². The normalized spacial score (nSPS) is 11.1. The summed E-state index contributed by atoms with van der Waals surface area (Å²) in [4.78, 5) is 0. The third-order valence-electron chi connectivity index (χ3n) is 2.05. The average Bonchev–Trinajstić information content (AvgIpc) is 2.01. The van der Waals surface area contributed by atoms with Gasteiger partial charge in [-0.3, -0.25) is 0 Å². The molecule has 0 heterocycles. The highest BCUT2D eigenvalue weighted by Gasteiger charge is 2.06. The van der Waals surface area contributed by atoms with Crippen LogP contribution in [0.3, 0.4) is 0 Å². The lowest BCUT2D eigenvalue weighted by atomic mass is 10.1. The molecule has 0 radical (unpaired) electrons. The van der Waals surface area contributed by atoms with Crippen LogP contribution >= 0.6 is 0 Å². The Bertz CT molecular complexity index is 94.8. The lowest BCUT2D eigenvalue weighted by molar-refractivity contribution is 0.561. The molecule has 0 amide bonds. The summed E-state index contributed by atoms with van der Waals surface area (Å²) in [5, 5.41) is 0. The minimum Gasteiger partial charge on any atom is -0.330 e. The third-order valence-corrected chi connectivity index (χ3v) is 4.17. The van der Waals surface area contributed by atoms with E-state index >= 15 is 0 Å². The summed E-state index contributed by atoms with van der Waals surface area (Å²) < 4.78 is 0. The van der Waals surface area contributed by atoms with Crippen molar-refractivity contribution in [2.75, 3.05) is 6.54 Å². The molecule has 0 unspecified atom stereocenters. The summed E-state index contributed by atoms with van der Waals surface area (Å²) in [7, 11) is -0.631. The SMILES string of the molecule is CC(C)CCCN.CC[Si](C)(C)C.